The highest BCUT2D eigenvalue weighted by atomic mass is 15.3. The number of nitrogens with zero attached hydrogens (tertiary/aromatic N) is 5. The summed E-state index contributed by atoms with van der Waals surface area (Å²) in [5.41, 5.74) is 3.51. The second-order valence-corrected chi connectivity index (χ2v) is 5.19. The molecule has 0 unspecified atom stereocenters. The quantitative estimate of drug-likeness (QED) is 0.729. The minimum absolute atomic E-state index is 0.635. The highest BCUT2D eigenvalue weighted by Gasteiger charge is 2.05. The molecule has 3 aromatic rings. The number of hydrogen-bond acceptors (Lipinski definition) is 4. The molecule has 0 spiro atoms. The lowest BCUT2D eigenvalue weighted by atomic mass is 10.1. The van der Waals surface area contributed by atoms with Crippen molar-refractivity contribution in [3.8, 4) is 11.1 Å². The summed E-state index contributed by atoms with van der Waals surface area (Å²) in [5, 5.41) is 8.02. The van der Waals surface area contributed by atoms with E-state index in [0.717, 1.165) is 23.5 Å². The Labute approximate surface area is 117 Å². The van der Waals surface area contributed by atoms with Crippen LogP contribution in [0.4, 0.5) is 0 Å². The van der Waals surface area contributed by atoms with Gasteiger partial charge in [0.15, 0.2) is 0 Å². The molecule has 2 heterocycles. The molecule has 102 valence electrons. The van der Waals surface area contributed by atoms with Gasteiger partial charge in [-0.1, -0.05) is 24.3 Å². The lowest BCUT2D eigenvalue weighted by molar-refractivity contribution is 0.402. The highest BCUT2D eigenvalue weighted by Crippen LogP contribution is 2.19. The van der Waals surface area contributed by atoms with Crippen LogP contribution in [0.15, 0.2) is 36.7 Å². The van der Waals surface area contributed by atoms with Crippen molar-refractivity contribution in [3.63, 3.8) is 0 Å². The molecule has 2 aromatic heterocycles. The molecule has 0 saturated carbocycles. The summed E-state index contributed by atoms with van der Waals surface area (Å²) in [6.07, 6.45) is 3.86. The summed E-state index contributed by atoms with van der Waals surface area (Å²) in [5.74, 6) is 1.48. The second-order valence-electron chi connectivity index (χ2n) is 5.19. The number of aromatic nitrogens is 4. The minimum Gasteiger partial charge on any atom is -0.305 e. The summed E-state index contributed by atoms with van der Waals surface area (Å²) in [6, 6.07) is 8.56. The molecule has 5 heteroatoms. The SMILES string of the molecule is Cc1nnc2ncc(-c3ccc(CN(C)C)cc3)cn12. The van der Waals surface area contributed by atoms with Gasteiger partial charge in [-0.25, -0.2) is 4.98 Å². The number of aryl methyl sites for hydroxylation is 1. The van der Waals surface area contributed by atoms with Crippen molar-refractivity contribution >= 4 is 5.78 Å². The van der Waals surface area contributed by atoms with Gasteiger partial charge in [0, 0.05) is 24.5 Å². The first-order valence-electron chi connectivity index (χ1n) is 6.55. The Morgan fingerprint density at radius 3 is 2.50 bits per heavy atom. The molecule has 3 rings (SSSR count). The third-order valence-electron chi connectivity index (χ3n) is 3.22. The Morgan fingerprint density at radius 2 is 1.80 bits per heavy atom. The van der Waals surface area contributed by atoms with Gasteiger partial charge in [-0.2, -0.15) is 0 Å². The van der Waals surface area contributed by atoms with E-state index >= 15 is 0 Å². The van der Waals surface area contributed by atoms with Gasteiger partial charge in [0.1, 0.15) is 5.82 Å². The third-order valence-corrected chi connectivity index (χ3v) is 3.22. The Bertz CT molecular complexity index is 728. The van der Waals surface area contributed by atoms with E-state index in [1.807, 2.05) is 23.7 Å². The summed E-state index contributed by atoms with van der Waals surface area (Å²) < 4.78 is 1.91. The van der Waals surface area contributed by atoms with Gasteiger partial charge >= 0.3 is 0 Å². The Hall–Kier alpha value is -2.27. The normalized spacial score (nSPS) is 11.4. The number of benzene rings is 1. The zero-order valence-electron chi connectivity index (χ0n) is 11.9. The fourth-order valence-electron chi connectivity index (χ4n) is 2.21. The van der Waals surface area contributed by atoms with Crippen molar-refractivity contribution in [1.82, 2.24) is 24.5 Å². The molecule has 0 aliphatic carbocycles. The number of fused-ring (bicyclic) bond motifs is 1. The van der Waals surface area contributed by atoms with Crippen molar-refractivity contribution in [3.05, 3.63) is 48.0 Å². The first-order chi connectivity index (χ1) is 9.63. The maximum absolute atomic E-state index is 4.33. The van der Waals surface area contributed by atoms with E-state index in [9.17, 15) is 0 Å². The smallest absolute Gasteiger partial charge is 0.254 e. The van der Waals surface area contributed by atoms with Crippen LogP contribution in [0.1, 0.15) is 11.4 Å². The van der Waals surface area contributed by atoms with Crippen LogP contribution in [0.2, 0.25) is 0 Å². The third kappa shape index (κ3) is 2.40. The van der Waals surface area contributed by atoms with Crippen LogP contribution >= 0.6 is 0 Å². The minimum atomic E-state index is 0.635. The van der Waals surface area contributed by atoms with Crippen LogP contribution in [0.5, 0.6) is 0 Å². The van der Waals surface area contributed by atoms with Crippen LogP contribution in [-0.2, 0) is 6.54 Å². The molecule has 0 aliphatic heterocycles. The monoisotopic (exact) mass is 267 g/mol. The molecule has 0 aliphatic rings. The molecule has 0 bridgehead atoms. The highest BCUT2D eigenvalue weighted by molar-refractivity contribution is 5.62. The first kappa shape index (κ1) is 12.7. The van der Waals surface area contributed by atoms with E-state index in [1.165, 1.54) is 5.56 Å². The van der Waals surface area contributed by atoms with Gasteiger partial charge in [-0.3, -0.25) is 4.40 Å². The van der Waals surface area contributed by atoms with E-state index in [0.29, 0.717) is 5.78 Å². The average molecular weight is 267 g/mol. The largest absolute Gasteiger partial charge is 0.305 e. The van der Waals surface area contributed by atoms with Gasteiger partial charge in [0.25, 0.3) is 5.78 Å². The molecular formula is C15H17N5. The van der Waals surface area contributed by atoms with Gasteiger partial charge < -0.3 is 4.90 Å². The molecule has 0 saturated heterocycles. The molecule has 5 nitrogen and oxygen atoms in total. The van der Waals surface area contributed by atoms with Crippen molar-refractivity contribution in [2.75, 3.05) is 14.1 Å². The van der Waals surface area contributed by atoms with E-state index in [-0.39, 0.29) is 0 Å². The van der Waals surface area contributed by atoms with Crippen LogP contribution in [0.25, 0.3) is 16.9 Å². The van der Waals surface area contributed by atoms with E-state index < -0.39 is 0 Å². The molecule has 0 amide bonds. The molecule has 1 aromatic carbocycles. The molecule has 0 N–H and O–H groups in total. The van der Waals surface area contributed by atoms with Crippen molar-refractivity contribution < 1.29 is 0 Å². The predicted octanol–water partition coefficient (Wildman–Crippen LogP) is 2.16. The van der Waals surface area contributed by atoms with Crippen LogP contribution in [0, 0.1) is 6.92 Å². The second kappa shape index (κ2) is 5.02. The molecule has 0 radical (unpaired) electrons. The van der Waals surface area contributed by atoms with Crippen molar-refractivity contribution in [1.29, 1.82) is 0 Å². The zero-order chi connectivity index (χ0) is 14.1. The van der Waals surface area contributed by atoms with Crippen LogP contribution < -0.4 is 0 Å². The van der Waals surface area contributed by atoms with E-state index in [2.05, 4.69) is 58.4 Å². The van der Waals surface area contributed by atoms with Crippen LogP contribution in [0.3, 0.4) is 0 Å². The fourth-order valence-corrected chi connectivity index (χ4v) is 2.21. The van der Waals surface area contributed by atoms with E-state index in [4.69, 9.17) is 0 Å². The topological polar surface area (TPSA) is 46.3 Å². The van der Waals surface area contributed by atoms with Gasteiger partial charge in [0.05, 0.1) is 0 Å². The Balaban J connectivity index is 1.95. The van der Waals surface area contributed by atoms with Gasteiger partial charge in [-0.05, 0) is 32.1 Å². The lowest BCUT2D eigenvalue weighted by Gasteiger charge is -2.10. The molecule has 0 fully saturated rings. The van der Waals surface area contributed by atoms with Crippen LogP contribution in [-0.4, -0.2) is 38.6 Å². The first-order valence-corrected chi connectivity index (χ1v) is 6.55. The lowest BCUT2D eigenvalue weighted by Crippen LogP contribution is -2.10. The summed E-state index contributed by atoms with van der Waals surface area (Å²) in [6.45, 7) is 2.87. The van der Waals surface area contributed by atoms with Gasteiger partial charge in [-0.15, -0.1) is 10.2 Å². The fraction of sp³-hybridized carbons (Fsp3) is 0.267. The molecular weight excluding hydrogens is 250 g/mol. The molecule has 20 heavy (non-hydrogen) atoms. The predicted molar refractivity (Wildman–Crippen MR) is 78.3 cm³/mol. The number of hydrogen-bond donors (Lipinski definition) is 0. The average Bonchev–Trinajstić information content (AvgIpc) is 2.80. The maximum Gasteiger partial charge on any atom is 0.254 e. The van der Waals surface area contributed by atoms with Gasteiger partial charge in [0.2, 0.25) is 0 Å². The van der Waals surface area contributed by atoms with Crippen molar-refractivity contribution in [2.24, 2.45) is 0 Å². The standard InChI is InChI=1S/C15H17N5/c1-11-17-18-15-16-8-14(10-20(11)15)13-6-4-12(5-7-13)9-19(2)3/h4-8,10H,9H2,1-3H3. The Morgan fingerprint density at radius 1 is 1.05 bits per heavy atom. The number of rotatable bonds is 3. The molecule has 0 atom stereocenters. The summed E-state index contributed by atoms with van der Waals surface area (Å²) in [7, 11) is 4.14. The zero-order valence-corrected chi connectivity index (χ0v) is 11.9. The summed E-state index contributed by atoms with van der Waals surface area (Å²) >= 11 is 0. The van der Waals surface area contributed by atoms with E-state index in [1.54, 1.807) is 0 Å². The summed E-state index contributed by atoms with van der Waals surface area (Å²) in [4.78, 5) is 6.49. The Kier molecular flexibility index (Phi) is 3.20. The maximum atomic E-state index is 4.33. The van der Waals surface area contributed by atoms with Crippen molar-refractivity contribution in [2.45, 2.75) is 13.5 Å².